The zero-order chi connectivity index (χ0) is 24.1. The summed E-state index contributed by atoms with van der Waals surface area (Å²) in [6.45, 7) is 20.1. The van der Waals surface area contributed by atoms with E-state index in [1.165, 1.54) is 32.1 Å². The maximum absolute atomic E-state index is 13.8. The standard InChI is InChI=1S/C28H46O4/c1-10-19(5)28(21-12-20-13-22(28)16-26(8,14-20)15-21)32-24(30)25(6,7)17-27(9,11-2)31-23(29)18(3)4/h19-22H,3,10-17H2,1-2,4-9H3. The molecule has 0 aromatic carbocycles. The summed E-state index contributed by atoms with van der Waals surface area (Å²) in [6.07, 6.45) is 8.19. The minimum Gasteiger partial charge on any atom is -0.458 e. The van der Waals surface area contributed by atoms with Crippen LogP contribution in [0.2, 0.25) is 0 Å². The van der Waals surface area contributed by atoms with E-state index in [4.69, 9.17) is 9.47 Å². The van der Waals surface area contributed by atoms with Gasteiger partial charge in [0.2, 0.25) is 0 Å². The predicted octanol–water partition coefficient (Wildman–Crippen LogP) is 6.87. The summed E-state index contributed by atoms with van der Waals surface area (Å²) in [7, 11) is 0. The van der Waals surface area contributed by atoms with Crippen molar-refractivity contribution in [1.29, 1.82) is 0 Å². The molecule has 0 heterocycles. The third-order valence-electron chi connectivity index (χ3n) is 9.23. The van der Waals surface area contributed by atoms with Crippen LogP contribution < -0.4 is 0 Å². The van der Waals surface area contributed by atoms with Gasteiger partial charge in [0.1, 0.15) is 11.2 Å². The molecule has 0 radical (unpaired) electrons. The molecule has 4 fully saturated rings. The number of hydrogen-bond donors (Lipinski definition) is 0. The Kier molecular flexibility index (Phi) is 6.70. The van der Waals surface area contributed by atoms with E-state index < -0.39 is 17.0 Å². The molecular formula is C28H46O4. The fourth-order valence-electron chi connectivity index (χ4n) is 7.63. The quantitative estimate of drug-likeness (QED) is 0.287. The van der Waals surface area contributed by atoms with E-state index in [0.717, 1.165) is 12.3 Å². The number of esters is 2. The number of ether oxygens (including phenoxy) is 2. The number of carbonyl (C=O) groups excluding carboxylic acids is 2. The van der Waals surface area contributed by atoms with Gasteiger partial charge in [-0.05, 0) is 89.9 Å². The highest BCUT2D eigenvalue weighted by molar-refractivity contribution is 5.87. The number of carbonyl (C=O) groups is 2. The summed E-state index contributed by atoms with van der Waals surface area (Å²) >= 11 is 0. The van der Waals surface area contributed by atoms with Gasteiger partial charge in [0.15, 0.2) is 0 Å². The van der Waals surface area contributed by atoms with E-state index >= 15 is 0 Å². The Balaban J connectivity index is 1.84. The average Bonchev–Trinajstić information content (AvgIpc) is 2.68. The van der Waals surface area contributed by atoms with Crippen LogP contribution in [0, 0.1) is 34.5 Å². The second-order valence-electron chi connectivity index (χ2n) is 12.7. The van der Waals surface area contributed by atoms with Crippen LogP contribution in [0.3, 0.4) is 0 Å². The third-order valence-corrected chi connectivity index (χ3v) is 9.23. The summed E-state index contributed by atoms with van der Waals surface area (Å²) < 4.78 is 12.5. The lowest BCUT2D eigenvalue weighted by Crippen LogP contribution is -2.65. The van der Waals surface area contributed by atoms with E-state index in [1.54, 1.807) is 6.92 Å². The smallest absolute Gasteiger partial charge is 0.333 e. The molecule has 0 aromatic rings. The lowest BCUT2D eigenvalue weighted by molar-refractivity contribution is -0.247. The van der Waals surface area contributed by atoms with E-state index in [9.17, 15) is 9.59 Å². The van der Waals surface area contributed by atoms with Crippen LogP contribution in [0.1, 0.15) is 107 Å². The Hall–Kier alpha value is -1.32. The third kappa shape index (κ3) is 4.40. The molecule has 4 heteroatoms. The van der Waals surface area contributed by atoms with Gasteiger partial charge in [-0.1, -0.05) is 34.3 Å². The van der Waals surface area contributed by atoms with E-state index in [1.807, 2.05) is 27.7 Å². The van der Waals surface area contributed by atoms with Crippen LogP contribution >= 0.6 is 0 Å². The molecule has 0 aliphatic heterocycles. The van der Waals surface area contributed by atoms with Crippen molar-refractivity contribution in [2.75, 3.05) is 0 Å². The van der Waals surface area contributed by atoms with Gasteiger partial charge >= 0.3 is 11.9 Å². The van der Waals surface area contributed by atoms with Gasteiger partial charge in [0.25, 0.3) is 0 Å². The van der Waals surface area contributed by atoms with Crippen molar-refractivity contribution < 1.29 is 19.1 Å². The zero-order valence-corrected chi connectivity index (χ0v) is 21.8. The summed E-state index contributed by atoms with van der Waals surface area (Å²) in [4.78, 5) is 26.0. The molecule has 4 nitrogen and oxygen atoms in total. The monoisotopic (exact) mass is 446 g/mol. The van der Waals surface area contributed by atoms with Crippen molar-refractivity contribution in [2.45, 2.75) is 118 Å². The number of hydrogen-bond acceptors (Lipinski definition) is 4. The second-order valence-corrected chi connectivity index (χ2v) is 12.7. The van der Waals surface area contributed by atoms with Crippen molar-refractivity contribution in [3.8, 4) is 0 Å². The first kappa shape index (κ1) is 25.3. The molecule has 4 aliphatic rings. The Labute approximate surface area is 195 Å². The Bertz CT molecular complexity index is 749. The molecular weight excluding hydrogens is 400 g/mol. The van der Waals surface area contributed by atoms with Gasteiger partial charge in [0, 0.05) is 23.8 Å². The molecule has 4 unspecified atom stereocenters. The van der Waals surface area contributed by atoms with E-state index in [0.29, 0.717) is 41.6 Å². The molecule has 0 amide bonds. The Morgan fingerprint density at radius 1 is 1.09 bits per heavy atom. The van der Waals surface area contributed by atoms with Gasteiger partial charge in [-0.15, -0.1) is 0 Å². The van der Waals surface area contributed by atoms with Crippen molar-refractivity contribution in [3.63, 3.8) is 0 Å². The minimum absolute atomic E-state index is 0.138. The van der Waals surface area contributed by atoms with Crippen molar-refractivity contribution in [2.24, 2.45) is 34.5 Å². The zero-order valence-electron chi connectivity index (χ0n) is 21.8. The highest BCUT2D eigenvalue weighted by Crippen LogP contribution is 2.66. The fraction of sp³-hybridized carbons (Fsp3) is 0.857. The minimum atomic E-state index is -0.751. The normalized spacial score (nSPS) is 36.3. The molecule has 0 spiro atoms. The molecule has 4 saturated carbocycles. The maximum Gasteiger partial charge on any atom is 0.333 e. The van der Waals surface area contributed by atoms with Crippen LogP contribution in [-0.4, -0.2) is 23.1 Å². The molecule has 4 atom stereocenters. The van der Waals surface area contributed by atoms with E-state index in [-0.39, 0.29) is 11.6 Å². The van der Waals surface area contributed by atoms with Gasteiger partial charge in [-0.3, -0.25) is 4.79 Å². The SMILES string of the molecule is C=C(C)C(=O)OC(C)(CC)CC(C)(C)C(=O)OC1(C(C)CC)C2CC3CC1CC(C)(C3)C2. The maximum atomic E-state index is 13.8. The van der Waals surface area contributed by atoms with E-state index in [2.05, 4.69) is 27.4 Å². The van der Waals surface area contributed by atoms with Crippen LogP contribution in [0.4, 0.5) is 0 Å². The molecule has 4 bridgehead atoms. The van der Waals surface area contributed by atoms with Crippen LogP contribution in [0.25, 0.3) is 0 Å². The first-order valence-corrected chi connectivity index (χ1v) is 12.8. The highest BCUT2D eigenvalue weighted by atomic mass is 16.6. The van der Waals surface area contributed by atoms with Crippen molar-refractivity contribution in [3.05, 3.63) is 12.2 Å². The highest BCUT2D eigenvalue weighted by Gasteiger charge is 2.64. The molecule has 0 saturated heterocycles. The Morgan fingerprint density at radius 2 is 1.66 bits per heavy atom. The topological polar surface area (TPSA) is 52.6 Å². The predicted molar refractivity (Wildman–Crippen MR) is 128 cm³/mol. The molecule has 4 aliphatic carbocycles. The number of rotatable bonds is 9. The fourth-order valence-corrected chi connectivity index (χ4v) is 7.63. The van der Waals surface area contributed by atoms with Crippen LogP contribution in [0.15, 0.2) is 12.2 Å². The molecule has 0 aromatic heterocycles. The first-order chi connectivity index (χ1) is 14.7. The lowest BCUT2D eigenvalue weighted by atomic mass is 9.43. The first-order valence-electron chi connectivity index (χ1n) is 12.8. The summed E-state index contributed by atoms with van der Waals surface area (Å²) in [5.74, 6) is 1.54. The Morgan fingerprint density at radius 3 is 2.09 bits per heavy atom. The average molecular weight is 447 g/mol. The summed E-state index contributed by atoms with van der Waals surface area (Å²) in [5, 5.41) is 0. The largest absolute Gasteiger partial charge is 0.458 e. The molecule has 32 heavy (non-hydrogen) atoms. The molecule has 0 N–H and O–H groups in total. The second kappa shape index (κ2) is 8.47. The summed E-state index contributed by atoms with van der Waals surface area (Å²) in [6, 6.07) is 0. The van der Waals surface area contributed by atoms with Gasteiger partial charge in [-0.2, -0.15) is 0 Å². The summed E-state index contributed by atoms with van der Waals surface area (Å²) in [5.41, 5.74) is -1.04. The van der Waals surface area contributed by atoms with Crippen molar-refractivity contribution in [1.82, 2.24) is 0 Å². The lowest BCUT2D eigenvalue weighted by Gasteiger charge is -2.65. The molecule has 4 rings (SSSR count). The van der Waals surface area contributed by atoms with Gasteiger partial charge in [-0.25, -0.2) is 4.79 Å². The van der Waals surface area contributed by atoms with Crippen LogP contribution in [-0.2, 0) is 19.1 Å². The van der Waals surface area contributed by atoms with Crippen molar-refractivity contribution >= 4 is 11.9 Å². The van der Waals surface area contributed by atoms with Gasteiger partial charge < -0.3 is 9.47 Å². The molecule has 182 valence electrons. The van der Waals surface area contributed by atoms with Crippen LogP contribution in [0.5, 0.6) is 0 Å². The van der Waals surface area contributed by atoms with Gasteiger partial charge in [0.05, 0.1) is 5.41 Å².